The number of fused-ring (bicyclic) bond motifs is 1. The van der Waals surface area contributed by atoms with E-state index in [0.717, 1.165) is 34.8 Å². The summed E-state index contributed by atoms with van der Waals surface area (Å²) >= 11 is 0. The summed E-state index contributed by atoms with van der Waals surface area (Å²) in [4.78, 5) is 12.3. The lowest BCUT2D eigenvalue weighted by Crippen LogP contribution is -2.24. The molecule has 1 aliphatic rings. The summed E-state index contributed by atoms with van der Waals surface area (Å²) in [5.74, 6) is 1.61. The molecule has 1 aromatic heterocycles. The molecule has 0 radical (unpaired) electrons. The second kappa shape index (κ2) is 7.04. The van der Waals surface area contributed by atoms with Gasteiger partial charge in [-0.15, -0.1) is 0 Å². The summed E-state index contributed by atoms with van der Waals surface area (Å²) in [6.45, 7) is 2.79. The van der Waals surface area contributed by atoms with Crippen LogP contribution in [0.2, 0.25) is 0 Å². The van der Waals surface area contributed by atoms with Crippen LogP contribution in [-0.4, -0.2) is 22.3 Å². The molecule has 1 N–H and O–H groups in total. The number of ether oxygens (including phenoxy) is 1. The van der Waals surface area contributed by atoms with Gasteiger partial charge in [0.1, 0.15) is 11.6 Å². The number of hydrogen-bond donors (Lipinski definition) is 1. The number of nitrogens with zero attached hydrogens (tertiary/aromatic N) is 2. The number of aromatic nitrogens is 2. The van der Waals surface area contributed by atoms with Gasteiger partial charge in [-0.05, 0) is 36.2 Å². The van der Waals surface area contributed by atoms with Crippen LogP contribution in [0.5, 0.6) is 5.75 Å². The van der Waals surface area contributed by atoms with Crippen molar-refractivity contribution in [2.75, 3.05) is 11.9 Å². The number of hydrogen-bond acceptors (Lipinski definition) is 3. The highest BCUT2D eigenvalue weighted by Crippen LogP contribution is 2.38. The Balaban J connectivity index is 1.68. The summed E-state index contributed by atoms with van der Waals surface area (Å²) in [6.07, 6.45) is 3.25. The first-order chi connectivity index (χ1) is 12.8. The van der Waals surface area contributed by atoms with Crippen LogP contribution in [-0.2, 0) is 4.79 Å². The molecule has 0 saturated heterocycles. The van der Waals surface area contributed by atoms with Gasteiger partial charge in [-0.25, -0.2) is 4.68 Å². The summed E-state index contributed by atoms with van der Waals surface area (Å²) in [5.41, 5.74) is 3.06. The average Bonchev–Trinajstić information content (AvgIpc) is 3.10. The van der Waals surface area contributed by atoms with Crippen molar-refractivity contribution in [3.05, 3.63) is 71.9 Å². The molecule has 3 aromatic rings. The lowest BCUT2D eigenvalue weighted by molar-refractivity contribution is -0.116. The van der Waals surface area contributed by atoms with E-state index >= 15 is 0 Å². The van der Waals surface area contributed by atoms with E-state index in [4.69, 9.17) is 4.74 Å². The van der Waals surface area contributed by atoms with Crippen LogP contribution in [0.3, 0.4) is 0 Å². The van der Waals surface area contributed by atoms with Gasteiger partial charge in [0.15, 0.2) is 0 Å². The zero-order valence-electron chi connectivity index (χ0n) is 14.7. The van der Waals surface area contributed by atoms with Crippen molar-refractivity contribution < 1.29 is 9.53 Å². The Kier molecular flexibility index (Phi) is 4.44. The standard InChI is InChI=1S/C21H21N3O2/c1-2-12-26-17-10-8-15(9-11-17)18-13-20(25)23-21-19(18)14-22-24(21)16-6-4-3-5-7-16/h3-11,14,18H,2,12-13H2,1H3,(H,23,25). The van der Waals surface area contributed by atoms with Gasteiger partial charge >= 0.3 is 0 Å². The topological polar surface area (TPSA) is 56.1 Å². The molecule has 1 unspecified atom stereocenters. The molecule has 5 heteroatoms. The van der Waals surface area contributed by atoms with Crippen molar-refractivity contribution in [2.45, 2.75) is 25.7 Å². The molecule has 1 amide bonds. The predicted octanol–water partition coefficient (Wildman–Crippen LogP) is 4.14. The van der Waals surface area contributed by atoms with E-state index in [1.807, 2.05) is 60.8 Å². The largest absolute Gasteiger partial charge is 0.494 e. The third kappa shape index (κ3) is 3.08. The molecule has 2 aromatic carbocycles. The van der Waals surface area contributed by atoms with E-state index in [1.165, 1.54) is 0 Å². The van der Waals surface area contributed by atoms with E-state index in [-0.39, 0.29) is 11.8 Å². The van der Waals surface area contributed by atoms with Gasteiger partial charge in [-0.2, -0.15) is 5.10 Å². The second-order valence-corrected chi connectivity index (χ2v) is 6.42. The molecule has 4 rings (SSSR count). The van der Waals surface area contributed by atoms with Crippen LogP contribution in [0.25, 0.3) is 5.69 Å². The maximum absolute atomic E-state index is 12.3. The summed E-state index contributed by atoms with van der Waals surface area (Å²) in [7, 11) is 0. The number of rotatable bonds is 5. The fourth-order valence-corrected chi connectivity index (χ4v) is 3.30. The minimum absolute atomic E-state index is 0.00330. The smallest absolute Gasteiger partial charge is 0.226 e. The molecule has 1 atom stereocenters. The Morgan fingerprint density at radius 1 is 1.15 bits per heavy atom. The molecular weight excluding hydrogens is 326 g/mol. The van der Waals surface area contributed by atoms with Crippen LogP contribution in [0, 0.1) is 0 Å². The first kappa shape index (κ1) is 16.4. The minimum atomic E-state index is -0.00330. The van der Waals surface area contributed by atoms with Crippen LogP contribution in [0.4, 0.5) is 5.82 Å². The van der Waals surface area contributed by atoms with Crippen molar-refractivity contribution in [3.8, 4) is 11.4 Å². The minimum Gasteiger partial charge on any atom is -0.494 e. The number of para-hydroxylation sites is 1. The van der Waals surface area contributed by atoms with Gasteiger partial charge in [-0.1, -0.05) is 37.3 Å². The molecule has 0 bridgehead atoms. The quantitative estimate of drug-likeness (QED) is 0.755. The third-order valence-electron chi connectivity index (χ3n) is 4.58. The van der Waals surface area contributed by atoms with Crippen LogP contribution in [0.15, 0.2) is 60.8 Å². The van der Waals surface area contributed by atoms with Crippen molar-refractivity contribution in [1.29, 1.82) is 0 Å². The number of carbonyl (C=O) groups excluding carboxylic acids is 1. The van der Waals surface area contributed by atoms with Gasteiger partial charge in [-0.3, -0.25) is 4.79 Å². The van der Waals surface area contributed by atoms with E-state index < -0.39 is 0 Å². The normalized spacial score (nSPS) is 16.0. The Morgan fingerprint density at radius 2 is 1.92 bits per heavy atom. The second-order valence-electron chi connectivity index (χ2n) is 6.42. The molecule has 2 heterocycles. The van der Waals surface area contributed by atoms with Gasteiger partial charge in [0.2, 0.25) is 5.91 Å². The molecule has 132 valence electrons. The summed E-state index contributed by atoms with van der Waals surface area (Å²) in [5, 5.41) is 7.50. The van der Waals surface area contributed by atoms with E-state index in [9.17, 15) is 4.79 Å². The monoisotopic (exact) mass is 347 g/mol. The van der Waals surface area contributed by atoms with Crippen LogP contribution >= 0.6 is 0 Å². The number of carbonyl (C=O) groups is 1. The summed E-state index contributed by atoms with van der Waals surface area (Å²) in [6, 6.07) is 17.9. The van der Waals surface area contributed by atoms with Gasteiger partial charge < -0.3 is 10.1 Å². The number of benzene rings is 2. The Morgan fingerprint density at radius 3 is 2.65 bits per heavy atom. The van der Waals surface area contributed by atoms with E-state index in [2.05, 4.69) is 17.3 Å². The van der Waals surface area contributed by atoms with E-state index in [0.29, 0.717) is 13.0 Å². The molecule has 0 saturated carbocycles. The molecule has 26 heavy (non-hydrogen) atoms. The molecule has 0 fully saturated rings. The van der Waals surface area contributed by atoms with Crippen LogP contribution < -0.4 is 10.1 Å². The molecule has 0 spiro atoms. The third-order valence-corrected chi connectivity index (χ3v) is 4.58. The van der Waals surface area contributed by atoms with Crippen molar-refractivity contribution >= 4 is 11.7 Å². The molecule has 0 aliphatic carbocycles. The zero-order chi connectivity index (χ0) is 17.9. The maximum Gasteiger partial charge on any atom is 0.226 e. The predicted molar refractivity (Wildman–Crippen MR) is 101 cm³/mol. The first-order valence-corrected chi connectivity index (χ1v) is 8.92. The van der Waals surface area contributed by atoms with Crippen molar-refractivity contribution in [1.82, 2.24) is 9.78 Å². The van der Waals surface area contributed by atoms with E-state index in [1.54, 1.807) is 4.68 Å². The highest BCUT2D eigenvalue weighted by Gasteiger charge is 2.30. The molecule has 1 aliphatic heterocycles. The highest BCUT2D eigenvalue weighted by molar-refractivity contribution is 5.94. The van der Waals surface area contributed by atoms with Crippen LogP contribution in [0.1, 0.15) is 36.8 Å². The highest BCUT2D eigenvalue weighted by atomic mass is 16.5. The lowest BCUT2D eigenvalue weighted by Gasteiger charge is -2.24. The van der Waals surface area contributed by atoms with Gasteiger partial charge in [0.05, 0.1) is 18.5 Å². The van der Waals surface area contributed by atoms with Crippen molar-refractivity contribution in [3.63, 3.8) is 0 Å². The van der Waals surface area contributed by atoms with Gasteiger partial charge in [0.25, 0.3) is 0 Å². The molecular formula is C21H21N3O2. The fourth-order valence-electron chi connectivity index (χ4n) is 3.30. The lowest BCUT2D eigenvalue weighted by atomic mass is 9.87. The number of nitrogens with one attached hydrogen (secondary N) is 1. The fraction of sp³-hybridized carbons (Fsp3) is 0.238. The summed E-state index contributed by atoms with van der Waals surface area (Å²) < 4.78 is 7.44. The van der Waals surface area contributed by atoms with Gasteiger partial charge in [0, 0.05) is 17.9 Å². The Hall–Kier alpha value is -3.08. The SMILES string of the molecule is CCCOc1ccc(C2CC(=O)Nc3c2cnn3-c2ccccc2)cc1. The van der Waals surface area contributed by atoms with Crippen molar-refractivity contribution in [2.24, 2.45) is 0 Å². The number of amides is 1. The number of anilines is 1. The average molecular weight is 347 g/mol. The Labute approximate surface area is 152 Å². The zero-order valence-corrected chi connectivity index (χ0v) is 14.7. The first-order valence-electron chi connectivity index (χ1n) is 8.92. The maximum atomic E-state index is 12.3. The Bertz CT molecular complexity index is 901. The molecule has 5 nitrogen and oxygen atoms in total.